The first kappa shape index (κ1) is 23.1. The van der Waals surface area contributed by atoms with Crippen LogP contribution in [0.25, 0.3) is 0 Å². The third-order valence-corrected chi connectivity index (χ3v) is 7.19. The highest BCUT2D eigenvalue weighted by Crippen LogP contribution is 2.35. The van der Waals surface area contributed by atoms with E-state index in [0.29, 0.717) is 60.7 Å². The van der Waals surface area contributed by atoms with E-state index in [2.05, 4.69) is 5.32 Å². The van der Waals surface area contributed by atoms with Crippen LogP contribution in [0, 0.1) is 5.92 Å². The lowest BCUT2D eigenvalue weighted by atomic mass is 9.92. The van der Waals surface area contributed by atoms with Crippen molar-refractivity contribution in [2.75, 3.05) is 25.2 Å². The Hall–Kier alpha value is -4.33. The number of fused-ring (bicyclic) bond motifs is 2. The second kappa shape index (κ2) is 9.61. The number of nitrogens with zero attached hydrogens (tertiary/aromatic N) is 1. The van der Waals surface area contributed by atoms with Crippen molar-refractivity contribution >= 4 is 23.5 Å². The molecule has 1 saturated heterocycles. The zero-order valence-electron chi connectivity index (χ0n) is 20.1. The van der Waals surface area contributed by atoms with Crippen molar-refractivity contribution in [3.8, 4) is 11.5 Å². The van der Waals surface area contributed by atoms with Crippen molar-refractivity contribution < 1.29 is 28.6 Å². The van der Waals surface area contributed by atoms with E-state index in [1.54, 1.807) is 35.2 Å². The monoisotopic (exact) mass is 498 g/mol. The molecule has 3 aromatic carbocycles. The van der Waals surface area contributed by atoms with E-state index in [9.17, 15) is 14.4 Å². The van der Waals surface area contributed by atoms with E-state index in [1.165, 1.54) is 0 Å². The molecule has 3 heterocycles. The molecule has 188 valence electrons. The van der Waals surface area contributed by atoms with Crippen LogP contribution in [0.3, 0.4) is 0 Å². The van der Waals surface area contributed by atoms with Gasteiger partial charge in [0.25, 0.3) is 5.91 Å². The summed E-state index contributed by atoms with van der Waals surface area (Å²) >= 11 is 0. The van der Waals surface area contributed by atoms with E-state index in [4.69, 9.17) is 14.2 Å². The quantitative estimate of drug-likeness (QED) is 0.537. The van der Waals surface area contributed by atoms with Gasteiger partial charge in [-0.25, -0.2) is 4.79 Å². The number of amides is 2. The lowest BCUT2D eigenvalue weighted by Gasteiger charge is -2.32. The molecule has 0 aromatic heterocycles. The summed E-state index contributed by atoms with van der Waals surface area (Å²) in [6.07, 6.45) is 1.31. The zero-order chi connectivity index (χ0) is 25.4. The van der Waals surface area contributed by atoms with Crippen molar-refractivity contribution in [2.24, 2.45) is 5.92 Å². The number of esters is 1. The average Bonchev–Trinajstić information content (AvgIpc) is 3.41. The lowest BCUT2D eigenvalue weighted by Crippen LogP contribution is -2.41. The molecule has 0 radical (unpaired) electrons. The van der Waals surface area contributed by atoms with Gasteiger partial charge in [0.1, 0.15) is 6.10 Å². The van der Waals surface area contributed by atoms with Gasteiger partial charge in [-0.15, -0.1) is 0 Å². The number of rotatable bonds is 4. The molecule has 6 rings (SSSR count). The molecule has 8 nitrogen and oxygen atoms in total. The van der Waals surface area contributed by atoms with Crippen molar-refractivity contribution in [1.82, 2.24) is 4.90 Å². The zero-order valence-corrected chi connectivity index (χ0v) is 20.1. The van der Waals surface area contributed by atoms with Gasteiger partial charge < -0.3 is 24.4 Å². The first-order chi connectivity index (χ1) is 18.0. The number of cyclic esters (lactones) is 1. The fraction of sp³-hybridized carbons (Fsp3) is 0.276. The summed E-state index contributed by atoms with van der Waals surface area (Å²) < 4.78 is 16.3. The second-order valence-corrected chi connectivity index (χ2v) is 9.50. The molecule has 0 bridgehead atoms. The Labute approximate surface area is 214 Å². The Morgan fingerprint density at radius 2 is 1.68 bits per heavy atom. The number of benzene rings is 3. The number of piperidine rings is 1. The van der Waals surface area contributed by atoms with Crippen molar-refractivity contribution in [3.63, 3.8) is 0 Å². The maximum atomic E-state index is 13.3. The number of likely N-dealkylation sites (tertiary alicyclic amines) is 1. The van der Waals surface area contributed by atoms with Gasteiger partial charge in [-0.05, 0) is 54.3 Å². The fourth-order valence-electron chi connectivity index (χ4n) is 5.13. The highest BCUT2D eigenvalue weighted by atomic mass is 16.7. The van der Waals surface area contributed by atoms with Crippen LogP contribution in [0.4, 0.5) is 5.69 Å². The molecule has 37 heavy (non-hydrogen) atoms. The Balaban J connectivity index is 1.09. The van der Waals surface area contributed by atoms with Crippen molar-refractivity contribution in [3.05, 3.63) is 89.0 Å². The summed E-state index contributed by atoms with van der Waals surface area (Å²) in [5.41, 5.74) is 3.45. The van der Waals surface area contributed by atoms with Crippen LogP contribution in [0.15, 0.2) is 66.7 Å². The van der Waals surface area contributed by atoms with Crippen LogP contribution >= 0.6 is 0 Å². The molecule has 1 N–H and O–H groups in total. The van der Waals surface area contributed by atoms with Gasteiger partial charge in [0.15, 0.2) is 11.5 Å². The molecule has 0 aliphatic carbocycles. The minimum Gasteiger partial charge on any atom is -0.454 e. The summed E-state index contributed by atoms with van der Waals surface area (Å²) in [6.45, 7) is 1.16. The number of anilines is 1. The molecular formula is C29H26N2O6. The van der Waals surface area contributed by atoms with Crippen LogP contribution in [-0.4, -0.2) is 42.6 Å². The topological polar surface area (TPSA) is 94.2 Å². The van der Waals surface area contributed by atoms with Crippen molar-refractivity contribution in [1.29, 1.82) is 0 Å². The smallest absolute Gasteiger partial charge is 0.339 e. The summed E-state index contributed by atoms with van der Waals surface area (Å²) in [5, 5.41) is 2.95. The summed E-state index contributed by atoms with van der Waals surface area (Å²) in [5.74, 6) is 0.576. The van der Waals surface area contributed by atoms with Gasteiger partial charge in [0.2, 0.25) is 12.7 Å². The second-order valence-electron chi connectivity index (χ2n) is 9.50. The van der Waals surface area contributed by atoms with E-state index < -0.39 is 0 Å². The summed E-state index contributed by atoms with van der Waals surface area (Å²) in [4.78, 5) is 40.5. The predicted molar refractivity (Wildman–Crippen MR) is 135 cm³/mol. The summed E-state index contributed by atoms with van der Waals surface area (Å²) in [7, 11) is 0. The molecule has 8 heteroatoms. The van der Waals surface area contributed by atoms with E-state index in [1.807, 2.05) is 36.4 Å². The molecule has 1 atom stereocenters. The van der Waals surface area contributed by atoms with E-state index in [-0.39, 0.29) is 36.6 Å². The minimum atomic E-state index is -0.372. The third-order valence-electron chi connectivity index (χ3n) is 7.19. The molecular weight excluding hydrogens is 472 g/mol. The fourth-order valence-corrected chi connectivity index (χ4v) is 5.13. The molecule has 3 aliphatic rings. The number of hydrogen-bond donors (Lipinski definition) is 1. The maximum absolute atomic E-state index is 13.3. The van der Waals surface area contributed by atoms with Crippen LogP contribution in [-0.2, 0) is 16.0 Å². The Morgan fingerprint density at radius 3 is 2.49 bits per heavy atom. The first-order valence-corrected chi connectivity index (χ1v) is 12.4. The van der Waals surface area contributed by atoms with Crippen LogP contribution in [0.2, 0.25) is 0 Å². The summed E-state index contributed by atoms with van der Waals surface area (Å²) in [6, 6.07) is 20.1. The third kappa shape index (κ3) is 4.62. The van der Waals surface area contributed by atoms with Crippen LogP contribution in [0.1, 0.15) is 50.8 Å². The van der Waals surface area contributed by atoms with Crippen LogP contribution < -0.4 is 14.8 Å². The SMILES string of the molecule is O=C1O[C@H](c2ccccc2)Cc2cc(C(=O)N3CCC(C(=O)Nc4ccc5c(c4)OCO5)CC3)ccc21. The minimum absolute atomic E-state index is 0.0646. The number of nitrogens with one attached hydrogen (secondary N) is 1. The Morgan fingerprint density at radius 1 is 0.892 bits per heavy atom. The average molecular weight is 499 g/mol. The molecule has 0 spiro atoms. The molecule has 0 unspecified atom stereocenters. The Kier molecular flexibility index (Phi) is 6.00. The lowest BCUT2D eigenvalue weighted by molar-refractivity contribution is -0.121. The predicted octanol–water partition coefficient (Wildman–Crippen LogP) is 4.36. The van der Waals surface area contributed by atoms with Gasteiger partial charge in [-0.3, -0.25) is 9.59 Å². The number of carbonyl (C=O) groups excluding carboxylic acids is 3. The molecule has 3 aromatic rings. The Bertz CT molecular complexity index is 1360. The van der Waals surface area contributed by atoms with Gasteiger partial charge in [-0.1, -0.05) is 30.3 Å². The number of ether oxygens (including phenoxy) is 3. The van der Waals surface area contributed by atoms with E-state index in [0.717, 1.165) is 11.1 Å². The molecule has 1 fully saturated rings. The largest absolute Gasteiger partial charge is 0.454 e. The molecule has 3 aliphatic heterocycles. The van der Waals surface area contributed by atoms with E-state index >= 15 is 0 Å². The van der Waals surface area contributed by atoms with Gasteiger partial charge in [-0.2, -0.15) is 0 Å². The number of carbonyl (C=O) groups is 3. The van der Waals surface area contributed by atoms with Crippen LogP contribution in [0.5, 0.6) is 11.5 Å². The van der Waals surface area contributed by atoms with Crippen molar-refractivity contribution in [2.45, 2.75) is 25.4 Å². The van der Waals surface area contributed by atoms with Gasteiger partial charge >= 0.3 is 5.97 Å². The van der Waals surface area contributed by atoms with Gasteiger partial charge in [0, 0.05) is 42.7 Å². The maximum Gasteiger partial charge on any atom is 0.339 e. The van der Waals surface area contributed by atoms with Gasteiger partial charge in [0.05, 0.1) is 5.56 Å². The highest BCUT2D eigenvalue weighted by molar-refractivity contribution is 5.98. The first-order valence-electron chi connectivity index (χ1n) is 12.4. The number of hydrogen-bond acceptors (Lipinski definition) is 6. The highest BCUT2D eigenvalue weighted by Gasteiger charge is 2.31. The normalized spacial score (nSPS) is 18.6. The molecule has 2 amide bonds. The molecule has 0 saturated carbocycles. The standard InChI is InChI=1S/C29H26N2O6/c32-27(30-22-7-9-24-26(16-22)36-17-35-24)19-10-12-31(13-11-19)28(33)20-6-8-23-21(14-20)15-25(37-29(23)34)18-4-2-1-3-5-18/h1-9,14,16,19,25H,10-13,15,17H2,(H,30,32)/t25-/m0/s1.